The van der Waals surface area contributed by atoms with Crippen molar-refractivity contribution in [3.63, 3.8) is 0 Å². The van der Waals surface area contributed by atoms with E-state index in [1.54, 1.807) is 172 Å². The highest BCUT2D eigenvalue weighted by Gasteiger charge is 2.43. The van der Waals surface area contributed by atoms with Crippen LogP contribution >= 0.6 is 0 Å². The summed E-state index contributed by atoms with van der Waals surface area (Å²) < 4.78 is 22.1. The minimum atomic E-state index is -2.08. The third-order valence-corrected chi connectivity index (χ3v) is 19.5. The van der Waals surface area contributed by atoms with Crippen molar-refractivity contribution in [3.8, 4) is 0 Å². The van der Waals surface area contributed by atoms with Crippen molar-refractivity contribution in [1.29, 1.82) is 5.41 Å². The summed E-state index contributed by atoms with van der Waals surface area (Å²) in [5.74, 6) is -17.4. The highest BCUT2D eigenvalue weighted by molar-refractivity contribution is 6.01. The summed E-state index contributed by atoms with van der Waals surface area (Å²) in [5.41, 5.74) is 4.64. The van der Waals surface area contributed by atoms with E-state index in [0.29, 0.717) is 21.6 Å². The van der Waals surface area contributed by atoms with Crippen molar-refractivity contribution in [1.82, 2.24) is 74.0 Å². The number of hydrogen-bond acceptors (Lipinski definition) is 24. The number of carboxylic acids is 1. The number of carboxylic acid groups (broad SMARTS) is 1. The molecule has 0 bridgehead atoms. The minimum absolute atomic E-state index is 0.0275. The zero-order chi connectivity index (χ0) is 96.8. The number of primary amides is 1. The van der Waals surface area contributed by atoms with Crippen LogP contribution < -0.4 is 74.9 Å². The predicted octanol–water partition coefficient (Wildman–Crippen LogP) is 3.62. The summed E-state index contributed by atoms with van der Waals surface area (Å²) in [5, 5.41) is 83.1. The van der Waals surface area contributed by atoms with Crippen LogP contribution in [0.2, 0.25) is 0 Å². The molecular formula is C89H130N16O24. The number of rotatable bonds is 47. The van der Waals surface area contributed by atoms with E-state index in [9.17, 15) is 73.2 Å². The lowest BCUT2D eigenvalue weighted by Crippen LogP contribution is -2.64. The molecule has 129 heavy (non-hydrogen) atoms. The van der Waals surface area contributed by atoms with E-state index in [-0.39, 0.29) is 57.5 Å². The quantitative estimate of drug-likeness (QED) is 0.0171. The molecule has 0 unspecified atom stereocenters. The molecule has 20 N–H and O–H groups in total. The van der Waals surface area contributed by atoms with Gasteiger partial charge in [-0.3, -0.25) is 63.5 Å². The monoisotopic (exact) mass is 1810 g/mol. The van der Waals surface area contributed by atoms with Gasteiger partial charge in [0.25, 0.3) is 0 Å². The van der Waals surface area contributed by atoms with Crippen molar-refractivity contribution in [3.05, 3.63) is 144 Å². The van der Waals surface area contributed by atoms with Gasteiger partial charge < -0.3 is 109 Å². The van der Waals surface area contributed by atoms with Crippen LogP contribution in [0.5, 0.6) is 0 Å². The molecule has 0 aliphatic rings. The maximum Gasteiger partial charge on any atom is 0.416 e. The Morgan fingerprint density at radius 2 is 0.891 bits per heavy atom. The first-order valence-electron chi connectivity index (χ1n) is 42.4. The van der Waals surface area contributed by atoms with Gasteiger partial charge in [0.2, 0.25) is 70.9 Å². The molecular weight excluding hydrogens is 1680 g/mol. The van der Waals surface area contributed by atoms with Crippen molar-refractivity contribution in [2.75, 3.05) is 19.7 Å². The molecule has 0 saturated heterocycles. The number of carbonyl (C=O) groups is 16. The average molecular weight is 1810 g/mol. The number of amides is 15. The normalized spacial score (nSPS) is 14.7. The standard InChI is InChI=1S/C89H130N16O24/c1-17-52(6)66(78(117)100-67(53(7)107)77(116)92-45-65(109)93-60(42-64(90)108)74(113)97-63(46-106)81(120)121)99-72(111)58(39-30-40-105(86(125)128-49-56-35-26-20-27-36-56)82(91)104-84(123)127-48-55-33-24-19-25-34-55)94-73(112)59(41-50(2)3)95-80(119)70(71(110)51(4)5)102-79(118)69(68(57-37-28-21-29-38-57)103-85(124)129-89(14,15)16)101-76(115)61(43-87(8,9)10)96-75(114)62(44-88(11,12)13)98-83(122)126-47-54-31-22-18-23-32-54/h18-29,31-38,50-53,58-63,66-71,106-107,110H,17,30,39-49H2,1-16H3,(H2,90,108)(H,92,116)(H,93,109)(H,94,112)(H,95,119)(H,96,114)(H,97,113)(H,98,122)(H,99,111)(H,100,117)(H,101,115)(H,102,118)(H,103,124)(H,120,121)(H2,91,104,123)/t52-,53-,58+,59-,60-,61-,62+,63-,66-,67-,68+,69-,70-,71+/m0/s1. The Labute approximate surface area is 750 Å². The second kappa shape index (κ2) is 52.4. The van der Waals surface area contributed by atoms with E-state index in [4.69, 9.17) is 30.1 Å². The van der Waals surface area contributed by atoms with Gasteiger partial charge >= 0.3 is 30.3 Å². The first-order chi connectivity index (χ1) is 60.4. The molecule has 0 fully saturated rings. The fourth-order valence-corrected chi connectivity index (χ4v) is 12.7. The van der Waals surface area contributed by atoms with E-state index in [1.165, 1.54) is 32.9 Å². The van der Waals surface area contributed by atoms with E-state index in [0.717, 1.165) is 6.92 Å². The molecule has 0 heterocycles. The third kappa shape index (κ3) is 39.9. The second-order valence-electron chi connectivity index (χ2n) is 35.4. The van der Waals surface area contributed by atoms with E-state index >= 15 is 24.0 Å². The van der Waals surface area contributed by atoms with E-state index in [1.807, 2.05) is 26.1 Å². The number of alkyl carbamates (subject to hydrolysis) is 3. The Hall–Kier alpha value is -12.8. The van der Waals surface area contributed by atoms with Gasteiger partial charge in [-0.1, -0.05) is 211 Å². The smallest absolute Gasteiger partial charge is 0.416 e. The van der Waals surface area contributed by atoms with Crippen LogP contribution in [-0.4, -0.2) is 225 Å². The van der Waals surface area contributed by atoms with Crippen LogP contribution in [0, 0.1) is 34.0 Å². The lowest BCUT2D eigenvalue weighted by atomic mass is 9.86. The highest BCUT2D eigenvalue weighted by atomic mass is 16.6. The lowest BCUT2D eigenvalue weighted by Gasteiger charge is -2.35. The molecule has 0 aliphatic carbocycles. The largest absolute Gasteiger partial charge is 0.480 e. The minimum Gasteiger partial charge on any atom is -0.480 e. The number of nitrogens with two attached hydrogens (primary N) is 1. The number of carbonyl (C=O) groups excluding carboxylic acids is 15. The molecule has 0 aliphatic heterocycles. The number of aliphatic carboxylic acids is 1. The van der Waals surface area contributed by atoms with Gasteiger partial charge in [-0.25, -0.2) is 28.9 Å². The molecule has 4 aromatic carbocycles. The maximum absolute atomic E-state index is 15.8. The molecule has 14 atom stereocenters. The van der Waals surface area contributed by atoms with Gasteiger partial charge in [0.1, 0.15) is 85.8 Å². The van der Waals surface area contributed by atoms with Crippen molar-refractivity contribution < 1.29 is 116 Å². The highest BCUT2D eigenvalue weighted by Crippen LogP contribution is 2.27. The summed E-state index contributed by atoms with van der Waals surface area (Å²) in [6, 6.07) is 13.9. The number of aliphatic hydroxyl groups excluding tert-OH is 3. The van der Waals surface area contributed by atoms with Gasteiger partial charge in [-0.15, -0.1) is 0 Å². The molecule has 40 heteroatoms. The maximum atomic E-state index is 15.8. The van der Waals surface area contributed by atoms with Crippen LogP contribution in [0.3, 0.4) is 0 Å². The predicted molar refractivity (Wildman–Crippen MR) is 471 cm³/mol. The number of benzene rings is 4. The van der Waals surface area contributed by atoms with Crippen LogP contribution in [-0.2, 0) is 96.3 Å². The molecule has 710 valence electrons. The number of nitrogens with zero attached hydrogens (tertiary/aromatic N) is 1. The third-order valence-electron chi connectivity index (χ3n) is 19.5. The molecule has 0 spiro atoms. The number of guanidine groups is 1. The molecule has 0 saturated carbocycles. The van der Waals surface area contributed by atoms with Gasteiger partial charge in [0.15, 0.2) is 0 Å². The Balaban J connectivity index is 1.86. The van der Waals surface area contributed by atoms with Crippen molar-refractivity contribution in [2.45, 2.75) is 260 Å². The number of nitrogens with one attached hydrogen (secondary N) is 14. The van der Waals surface area contributed by atoms with Gasteiger partial charge in [-0.2, -0.15) is 0 Å². The molecule has 4 rings (SSSR count). The summed E-state index contributed by atoms with van der Waals surface area (Å²) in [6.45, 7) is 22.6. The van der Waals surface area contributed by atoms with Crippen molar-refractivity contribution >= 4 is 101 Å². The van der Waals surface area contributed by atoms with Gasteiger partial charge in [0.05, 0.1) is 37.8 Å². The Morgan fingerprint density at radius 1 is 0.465 bits per heavy atom. The van der Waals surface area contributed by atoms with Gasteiger partial charge in [0, 0.05) is 6.54 Å². The summed E-state index contributed by atoms with van der Waals surface area (Å²) in [4.78, 5) is 226. The SMILES string of the molecule is CC[C@H](C)[C@H](NC(=O)[C@@H](CCCN(C(=N)NC(=O)OCc1ccccc1)C(=O)OCc1ccccc1)NC(=O)[C@H](CC(C)C)NC(=O)[C@@H](NC(=O)[C@@H](NC(=O)[C@H](CC(C)(C)C)NC(=O)[C@@H](CC(C)(C)C)NC(=O)OCc1ccccc1)[C@H](NC(=O)OC(C)(C)C)c1ccccc1)[C@H](O)C(C)C)C(=O)N[C@H](C(=O)NCC(=O)N[C@@H](CC(N)=O)C(=O)N[C@@H](CO)C(=O)O)[C@H](C)O. The molecule has 40 nitrogen and oxygen atoms in total. The lowest BCUT2D eigenvalue weighted by molar-refractivity contribution is -0.143. The van der Waals surface area contributed by atoms with E-state index < -0.39 is 247 Å². The number of aliphatic hydroxyl groups is 3. The van der Waals surface area contributed by atoms with Crippen LogP contribution in [0.1, 0.15) is 184 Å². The first-order valence-corrected chi connectivity index (χ1v) is 42.4. The molecule has 0 radical (unpaired) electrons. The topological polar surface area (TPSA) is 600 Å². The van der Waals surface area contributed by atoms with Gasteiger partial charge in [-0.05, 0) is 111 Å². The van der Waals surface area contributed by atoms with Crippen LogP contribution in [0.15, 0.2) is 121 Å². The molecule has 15 amide bonds. The summed E-state index contributed by atoms with van der Waals surface area (Å²) in [6.07, 6.45) is -10.1. The summed E-state index contributed by atoms with van der Waals surface area (Å²) >= 11 is 0. The van der Waals surface area contributed by atoms with Crippen molar-refractivity contribution in [2.24, 2.45) is 34.3 Å². The first kappa shape index (κ1) is 108. The van der Waals surface area contributed by atoms with E-state index in [2.05, 4.69) is 63.8 Å². The average Bonchev–Trinajstić information content (AvgIpc) is 0.809. The van der Waals surface area contributed by atoms with Crippen LogP contribution in [0.25, 0.3) is 0 Å². The number of ether oxygens (including phenoxy) is 4. The summed E-state index contributed by atoms with van der Waals surface area (Å²) in [7, 11) is 0. The second-order valence-corrected chi connectivity index (χ2v) is 35.4. The molecule has 4 aromatic rings. The fraction of sp³-hybridized carbons (Fsp3) is 0.539. The molecule has 0 aromatic heterocycles. The fourth-order valence-electron chi connectivity index (χ4n) is 12.7. The Morgan fingerprint density at radius 3 is 1.37 bits per heavy atom. The zero-order valence-corrected chi connectivity index (χ0v) is 76.0. The Bertz CT molecular complexity index is 4410. The number of hydrogen-bond donors (Lipinski definition) is 19. The van der Waals surface area contributed by atoms with Crippen LogP contribution in [0.4, 0.5) is 19.2 Å². The Kier molecular flexibility index (Phi) is 44.1. The zero-order valence-electron chi connectivity index (χ0n) is 76.0.